The molecule has 0 unspecified atom stereocenters. The van der Waals surface area contributed by atoms with Crippen LogP contribution >= 0.6 is 0 Å². The number of hydrogen-bond donors (Lipinski definition) is 1. The second-order valence-electron chi connectivity index (χ2n) is 5.08. The SMILES string of the molecule is N#Cc1cnc(NCc2c(F)ccc3c2CCO3)c2nncn12. The molecule has 8 heteroatoms. The maximum atomic E-state index is 14.1. The van der Waals surface area contributed by atoms with Crippen molar-refractivity contribution < 1.29 is 9.13 Å². The Morgan fingerprint density at radius 2 is 2.35 bits per heavy atom. The van der Waals surface area contributed by atoms with Gasteiger partial charge in [-0.2, -0.15) is 5.26 Å². The number of fused-ring (bicyclic) bond motifs is 2. The van der Waals surface area contributed by atoms with Crippen LogP contribution in [-0.4, -0.2) is 26.2 Å². The maximum Gasteiger partial charge on any atom is 0.204 e. The molecular formula is C15H11FN6O. The van der Waals surface area contributed by atoms with Crippen LogP contribution in [0, 0.1) is 17.1 Å². The molecule has 0 fully saturated rings. The number of ether oxygens (including phenoxy) is 1. The van der Waals surface area contributed by atoms with Gasteiger partial charge in [-0.3, -0.25) is 4.40 Å². The van der Waals surface area contributed by atoms with Crippen molar-refractivity contribution in [2.75, 3.05) is 11.9 Å². The molecule has 3 aromatic rings. The Bertz CT molecular complexity index is 945. The van der Waals surface area contributed by atoms with Crippen molar-refractivity contribution in [2.24, 2.45) is 0 Å². The number of nitriles is 1. The van der Waals surface area contributed by atoms with Gasteiger partial charge < -0.3 is 10.1 Å². The van der Waals surface area contributed by atoms with Crippen LogP contribution in [0.15, 0.2) is 24.7 Å². The lowest BCUT2D eigenvalue weighted by Gasteiger charge is -2.11. The van der Waals surface area contributed by atoms with Crippen LogP contribution in [0.1, 0.15) is 16.8 Å². The molecule has 2 aromatic heterocycles. The van der Waals surface area contributed by atoms with Gasteiger partial charge in [0, 0.05) is 24.1 Å². The van der Waals surface area contributed by atoms with E-state index in [1.54, 1.807) is 6.07 Å². The molecule has 1 aliphatic rings. The van der Waals surface area contributed by atoms with Crippen LogP contribution < -0.4 is 10.1 Å². The number of nitrogens with one attached hydrogen (secondary N) is 1. The van der Waals surface area contributed by atoms with E-state index in [9.17, 15) is 4.39 Å². The minimum absolute atomic E-state index is 0.250. The van der Waals surface area contributed by atoms with E-state index >= 15 is 0 Å². The molecule has 0 radical (unpaired) electrons. The molecular weight excluding hydrogens is 299 g/mol. The maximum absolute atomic E-state index is 14.1. The van der Waals surface area contributed by atoms with E-state index in [0.29, 0.717) is 35.8 Å². The summed E-state index contributed by atoms with van der Waals surface area (Å²) in [5, 5.41) is 19.9. The molecule has 1 aromatic carbocycles. The number of halogens is 1. The van der Waals surface area contributed by atoms with Gasteiger partial charge in [-0.1, -0.05) is 0 Å². The first-order valence-corrected chi connectivity index (χ1v) is 7.03. The highest BCUT2D eigenvalue weighted by atomic mass is 19.1. The Morgan fingerprint density at radius 1 is 1.43 bits per heavy atom. The number of benzene rings is 1. The topological polar surface area (TPSA) is 88.1 Å². The van der Waals surface area contributed by atoms with Gasteiger partial charge in [-0.05, 0) is 12.1 Å². The minimum Gasteiger partial charge on any atom is -0.493 e. The molecule has 1 N–H and O–H groups in total. The van der Waals surface area contributed by atoms with Crippen molar-refractivity contribution in [1.29, 1.82) is 5.26 Å². The normalized spacial score (nSPS) is 12.7. The van der Waals surface area contributed by atoms with Crippen LogP contribution in [0.25, 0.3) is 5.65 Å². The summed E-state index contributed by atoms with van der Waals surface area (Å²) in [5.41, 5.74) is 2.19. The predicted octanol–water partition coefficient (Wildman–Crippen LogP) is 1.68. The van der Waals surface area contributed by atoms with Crippen LogP contribution in [-0.2, 0) is 13.0 Å². The van der Waals surface area contributed by atoms with E-state index in [0.717, 1.165) is 11.3 Å². The molecule has 4 rings (SSSR count). The van der Waals surface area contributed by atoms with Gasteiger partial charge in [-0.15, -0.1) is 10.2 Å². The summed E-state index contributed by atoms with van der Waals surface area (Å²) in [6.45, 7) is 0.815. The van der Waals surface area contributed by atoms with E-state index in [1.165, 1.54) is 23.0 Å². The number of rotatable bonds is 3. The standard InChI is InChI=1S/C15H11FN6O/c16-12-1-2-13-10(3-4-23-13)11(12)7-19-14-15-21-20-8-22(15)9(5-17)6-18-14/h1-2,6,8H,3-4,7H2,(H,18,19). The third kappa shape index (κ3) is 2.14. The monoisotopic (exact) mass is 310 g/mol. The lowest BCUT2D eigenvalue weighted by Crippen LogP contribution is -2.08. The highest BCUT2D eigenvalue weighted by Gasteiger charge is 2.20. The molecule has 23 heavy (non-hydrogen) atoms. The molecule has 7 nitrogen and oxygen atoms in total. The minimum atomic E-state index is -0.284. The molecule has 3 heterocycles. The molecule has 0 saturated carbocycles. The van der Waals surface area contributed by atoms with E-state index in [4.69, 9.17) is 10.00 Å². The first-order valence-electron chi connectivity index (χ1n) is 7.03. The molecule has 0 amide bonds. The Kier molecular flexibility index (Phi) is 3.05. The molecule has 1 aliphatic heterocycles. The lowest BCUT2D eigenvalue weighted by atomic mass is 10.0. The fourth-order valence-electron chi connectivity index (χ4n) is 2.70. The van der Waals surface area contributed by atoms with Gasteiger partial charge in [-0.25, -0.2) is 9.37 Å². The summed E-state index contributed by atoms with van der Waals surface area (Å²) in [6, 6.07) is 5.07. The van der Waals surface area contributed by atoms with Gasteiger partial charge in [0.1, 0.15) is 29.7 Å². The summed E-state index contributed by atoms with van der Waals surface area (Å²) in [6.07, 6.45) is 3.55. The third-order valence-electron chi connectivity index (χ3n) is 3.82. The summed E-state index contributed by atoms with van der Waals surface area (Å²) in [7, 11) is 0. The smallest absolute Gasteiger partial charge is 0.204 e. The van der Waals surface area contributed by atoms with Gasteiger partial charge >= 0.3 is 0 Å². The Balaban J connectivity index is 1.68. The number of aromatic nitrogens is 4. The molecule has 0 saturated heterocycles. The van der Waals surface area contributed by atoms with Gasteiger partial charge in [0.25, 0.3) is 0 Å². The molecule has 0 atom stereocenters. The van der Waals surface area contributed by atoms with Crippen LogP contribution in [0.5, 0.6) is 5.75 Å². The highest BCUT2D eigenvalue weighted by molar-refractivity contribution is 5.63. The van der Waals surface area contributed by atoms with E-state index in [1.807, 2.05) is 6.07 Å². The fraction of sp³-hybridized carbons (Fsp3) is 0.200. The van der Waals surface area contributed by atoms with E-state index < -0.39 is 0 Å². The Morgan fingerprint density at radius 3 is 3.22 bits per heavy atom. The largest absolute Gasteiger partial charge is 0.493 e. The van der Waals surface area contributed by atoms with Crippen molar-refractivity contribution in [3.63, 3.8) is 0 Å². The Labute approximate surface area is 130 Å². The second-order valence-corrected chi connectivity index (χ2v) is 5.08. The summed E-state index contributed by atoms with van der Waals surface area (Å²) < 4.78 is 21.1. The van der Waals surface area contributed by atoms with Crippen LogP contribution in [0.4, 0.5) is 10.2 Å². The molecule has 0 spiro atoms. The van der Waals surface area contributed by atoms with Gasteiger partial charge in [0.2, 0.25) is 5.65 Å². The molecule has 0 bridgehead atoms. The van der Waals surface area contributed by atoms with Crippen molar-refractivity contribution in [3.05, 3.63) is 47.3 Å². The number of hydrogen-bond acceptors (Lipinski definition) is 6. The quantitative estimate of drug-likeness (QED) is 0.792. The number of nitrogens with zero attached hydrogens (tertiary/aromatic N) is 5. The van der Waals surface area contributed by atoms with Crippen LogP contribution in [0.2, 0.25) is 0 Å². The average molecular weight is 310 g/mol. The zero-order chi connectivity index (χ0) is 15.8. The lowest BCUT2D eigenvalue weighted by molar-refractivity contribution is 0.356. The second kappa shape index (κ2) is 5.21. The highest BCUT2D eigenvalue weighted by Crippen LogP contribution is 2.30. The molecule has 0 aliphatic carbocycles. The number of anilines is 1. The van der Waals surface area contributed by atoms with Crippen molar-refractivity contribution in [1.82, 2.24) is 19.6 Å². The predicted molar refractivity (Wildman–Crippen MR) is 78.4 cm³/mol. The zero-order valence-electron chi connectivity index (χ0n) is 12.0. The van der Waals surface area contributed by atoms with Crippen molar-refractivity contribution in [3.8, 4) is 11.8 Å². The first-order chi connectivity index (χ1) is 11.3. The third-order valence-corrected chi connectivity index (χ3v) is 3.82. The van der Waals surface area contributed by atoms with E-state index in [2.05, 4.69) is 20.5 Å². The Hall–Kier alpha value is -3.21. The summed E-state index contributed by atoms with van der Waals surface area (Å²) in [4.78, 5) is 4.18. The fourth-order valence-corrected chi connectivity index (χ4v) is 2.70. The van der Waals surface area contributed by atoms with E-state index in [-0.39, 0.29) is 12.4 Å². The summed E-state index contributed by atoms with van der Waals surface area (Å²) >= 11 is 0. The van der Waals surface area contributed by atoms with Gasteiger partial charge in [0.15, 0.2) is 5.82 Å². The van der Waals surface area contributed by atoms with Crippen molar-refractivity contribution in [2.45, 2.75) is 13.0 Å². The first kappa shape index (κ1) is 13.5. The van der Waals surface area contributed by atoms with Crippen molar-refractivity contribution >= 4 is 11.5 Å². The average Bonchev–Trinajstić information content (AvgIpc) is 3.22. The summed E-state index contributed by atoms with van der Waals surface area (Å²) in [5.74, 6) is 0.883. The van der Waals surface area contributed by atoms with Gasteiger partial charge in [0.05, 0.1) is 12.8 Å². The zero-order valence-corrected chi connectivity index (χ0v) is 12.0. The molecule has 114 valence electrons. The van der Waals surface area contributed by atoms with Crippen LogP contribution in [0.3, 0.4) is 0 Å².